The van der Waals surface area contributed by atoms with Gasteiger partial charge >= 0.3 is 0 Å². The summed E-state index contributed by atoms with van der Waals surface area (Å²) in [7, 11) is -0.580. The predicted molar refractivity (Wildman–Crippen MR) is 124 cm³/mol. The number of sulfonamides is 1. The Balaban J connectivity index is 1.50. The zero-order valence-corrected chi connectivity index (χ0v) is 18.9. The summed E-state index contributed by atoms with van der Waals surface area (Å²) in [6, 6.07) is 19.7. The second-order valence-corrected chi connectivity index (χ2v) is 10.7. The third-order valence-corrected chi connectivity index (χ3v) is 8.06. The van der Waals surface area contributed by atoms with Crippen molar-refractivity contribution in [3.05, 3.63) is 77.9 Å². The van der Waals surface area contributed by atoms with Crippen molar-refractivity contribution < 1.29 is 17.9 Å². The van der Waals surface area contributed by atoms with Crippen LogP contribution < -0.4 is 10.1 Å². The first-order valence-corrected chi connectivity index (χ1v) is 12.1. The van der Waals surface area contributed by atoms with Crippen LogP contribution in [0.5, 0.6) is 11.5 Å². The largest absolute Gasteiger partial charge is 0.457 e. The quantitative estimate of drug-likeness (QED) is 0.482. The van der Waals surface area contributed by atoms with Crippen molar-refractivity contribution >= 4 is 42.6 Å². The molecule has 0 saturated carbocycles. The summed E-state index contributed by atoms with van der Waals surface area (Å²) in [5.41, 5.74) is 2.18. The van der Waals surface area contributed by atoms with Crippen LogP contribution in [0, 0.1) is 0 Å². The predicted octanol–water partition coefficient (Wildman–Crippen LogP) is 4.42. The van der Waals surface area contributed by atoms with E-state index in [9.17, 15) is 13.2 Å². The Morgan fingerprint density at radius 2 is 1.62 bits per heavy atom. The molecule has 5 rings (SSSR count). The number of aromatic nitrogens is 1. The molecule has 162 valence electrons. The fraction of sp³-hybridized carbons (Fsp3) is 0.130. The van der Waals surface area contributed by atoms with Gasteiger partial charge in [0.05, 0.1) is 21.0 Å². The van der Waals surface area contributed by atoms with Crippen molar-refractivity contribution in [2.45, 2.75) is 10.8 Å². The van der Waals surface area contributed by atoms with Crippen LogP contribution in [0.15, 0.2) is 71.6 Å². The summed E-state index contributed by atoms with van der Waals surface area (Å²) in [4.78, 5) is 18.0. The molecule has 0 unspecified atom stereocenters. The van der Waals surface area contributed by atoms with E-state index in [1.165, 1.54) is 31.5 Å². The van der Waals surface area contributed by atoms with E-state index >= 15 is 0 Å². The molecule has 0 spiro atoms. The number of rotatable bonds is 4. The summed E-state index contributed by atoms with van der Waals surface area (Å²) in [6.07, 6.45) is 0. The van der Waals surface area contributed by atoms with Gasteiger partial charge in [-0.15, -0.1) is 0 Å². The number of amides is 1. The number of carbonyl (C=O) groups is 1. The van der Waals surface area contributed by atoms with E-state index in [4.69, 9.17) is 4.74 Å². The second-order valence-electron chi connectivity index (χ2n) is 7.54. The Labute approximate surface area is 189 Å². The molecule has 0 fully saturated rings. The van der Waals surface area contributed by atoms with Gasteiger partial charge in [-0.3, -0.25) is 4.79 Å². The van der Waals surface area contributed by atoms with Gasteiger partial charge in [0, 0.05) is 25.2 Å². The molecule has 3 aromatic carbocycles. The lowest BCUT2D eigenvalue weighted by molar-refractivity contribution is -0.116. The summed E-state index contributed by atoms with van der Waals surface area (Å²) in [5.74, 6) is 0.518. The molecule has 1 aromatic heterocycles. The third-order valence-electron chi connectivity index (χ3n) is 5.31. The molecule has 1 N–H and O–H groups in total. The van der Waals surface area contributed by atoms with Crippen LogP contribution >= 0.6 is 11.3 Å². The van der Waals surface area contributed by atoms with Crippen LogP contribution in [0.4, 0.5) is 5.13 Å². The first-order valence-electron chi connectivity index (χ1n) is 9.84. The maximum absolute atomic E-state index is 13.4. The van der Waals surface area contributed by atoms with Crippen LogP contribution in [0.1, 0.15) is 17.0 Å². The van der Waals surface area contributed by atoms with E-state index in [1.807, 2.05) is 48.5 Å². The molecule has 1 amide bonds. The highest BCUT2D eigenvalue weighted by atomic mass is 32.2. The van der Waals surface area contributed by atoms with E-state index in [1.54, 1.807) is 12.1 Å². The topological polar surface area (TPSA) is 88.6 Å². The highest BCUT2D eigenvalue weighted by Crippen LogP contribution is 2.44. The van der Waals surface area contributed by atoms with E-state index in [0.717, 1.165) is 15.4 Å². The number of benzene rings is 3. The summed E-state index contributed by atoms with van der Waals surface area (Å²) in [6.45, 7) is 0. The Morgan fingerprint density at radius 1 is 1.00 bits per heavy atom. The van der Waals surface area contributed by atoms with Crippen LogP contribution in [0.25, 0.3) is 10.2 Å². The molecule has 7 nitrogen and oxygen atoms in total. The highest BCUT2D eigenvalue weighted by molar-refractivity contribution is 7.89. The molecule has 0 atom stereocenters. The van der Waals surface area contributed by atoms with Crippen molar-refractivity contribution in [3.63, 3.8) is 0 Å². The van der Waals surface area contributed by atoms with Crippen LogP contribution in [-0.2, 0) is 14.8 Å². The Hall–Kier alpha value is -3.27. The van der Waals surface area contributed by atoms with Gasteiger partial charge in [0.1, 0.15) is 11.5 Å². The van der Waals surface area contributed by atoms with Gasteiger partial charge in [-0.25, -0.2) is 17.7 Å². The molecule has 0 aliphatic carbocycles. The fourth-order valence-corrected chi connectivity index (χ4v) is 5.61. The number of hydrogen-bond donors (Lipinski definition) is 1. The van der Waals surface area contributed by atoms with Gasteiger partial charge in [0.2, 0.25) is 15.9 Å². The van der Waals surface area contributed by atoms with Crippen molar-refractivity contribution in [1.82, 2.24) is 9.29 Å². The number of para-hydroxylation sites is 2. The molecule has 0 bridgehead atoms. The molecule has 9 heteroatoms. The van der Waals surface area contributed by atoms with Gasteiger partial charge in [-0.1, -0.05) is 47.7 Å². The Bertz CT molecular complexity index is 1420. The SMILES string of the molecule is CN(C)S(=O)(=O)c1ccc2nc(NC(=O)C3c4ccccc4Oc4ccccc43)sc2c1. The molecular formula is C23H19N3O4S2. The number of hydrogen-bond acceptors (Lipinski definition) is 6. The van der Waals surface area contributed by atoms with E-state index in [2.05, 4.69) is 10.3 Å². The normalized spacial score (nSPS) is 13.5. The third kappa shape index (κ3) is 3.44. The number of anilines is 1. The lowest BCUT2D eigenvalue weighted by Crippen LogP contribution is -2.24. The minimum Gasteiger partial charge on any atom is -0.457 e. The smallest absolute Gasteiger partial charge is 0.242 e. The number of fused-ring (bicyclic) bond motifs is 3. The molecule has 4 aromatic rings. The zero-order chi connectivity index (χ0) is 22.5. The van der Waals surface area contributed by atoms with Crippen molar-refractivity contribution in [1.29, 1.82) is 0 Å². The minimum absolute atomic E-state index is 0.184. The molecular weight excluding hydrogens is 446 g/mol. The van der Waals surface area contributed by atoms with Crippen molar-refractivity contribution in [3.8, 4) is 11.5 Å². The molecule has 0 radical (unpaired) electrons. The maximum Gasteiger partial charge on any atom is 0.242 e. The number of ether oxygens (including phenoxy) is 1. The van der Waals surface area contributed by atoms with Gasteiger partial charge in [0.15, 0.2) is 5.13 Å². The average molecular weight is 466 g/mol. The maximum atomic E-state index is 13.4. The highest BCUT2D eigenvalue weighted by Gasteiger charge is 2.33. The first-order chi connectivity index (χ1) is 15.3. The molecule has 1 aliphatic heterocycles. The lowest BCUT2D eigenvalue weighted by atomic mass is 9.87. The average Bonchev–Trinajstić information content (AvgIpc) is 3.18. The summed E-state index contributed by atoms with van der Waals surface area (Å²) >= 11 is 1.24. The number of carbonyl (C=O) groups excluding carboxylic acids is 1. The van der Waals surface area contributed by atoms with Gasteiger partial charge in [-0.2, -0.15) is 0 Å². The first kappa shape index (κ1) is 20.6. The Kier molecular flexibility index (Phi) is 4.96. The van der Waals surface area contributed by atoms with Crippen LogP contribution in [-0.4, -0.2) is 37.7 Å². The van der Waals surface area contributed by atoms with E-state index in [0.29, 0.717) is 26.8 Å². The zero-order valence-electron chi connectivity index (χ0n) is 17.3. The molecule has 1 aliphatic rings. The van der Waals surface area contributed by atoms with Crippen LogP contribution in [0.2, 0.25) is 0 Å². The molecule has 32 heavy (non-hydrogen) atoms. The number of thiazole rings is 1. The number of nitrogens with zero attached hydrogens (tertiary/aromatic N) is 2. The Morgan fingerprint density at radius 3 is 2.25 bits per heavy atom. The minimum atomic E-state index is -3.56. The van der Waals surface area contributed by atoms with Gasteiger partial charge < -0.3 is 10.1 Å². The van der Waals surface area contributed by atoms with E-state index in [-0.39, 0.29) is 10.8 Å². The molecule has 0 saturated heterocycles. The summed E-state index contributed by atoms with van der Waals surface area (Å²) < 4.78 is 32.7. The lowest BCUT2D eigenvalue weighted by Gasteiger charge is -2.27. The fourth-order valence-electron chi connectivity index (χ4n) is 3.70. The van der Waals surface area contributed by atoms with Crippen molar-refractivity contribution in [2.24, 2.45) is 0 Å². The van der Waals surface area contributed by atoms with Gasteiger partial charge in [-0.05, 0) is 30.3 Å². The molecule has 2 heterocycles. The summed E-state index contributed by atoms with van der Waals surface area (Å²) in [5, 5.41) is 3.33. The van der Waals surface area contributed by atoms with Crippen LogP contribution in [0.3, 0.4) is 0 Å². The van der Waals surface area contributed by atoms with Gasteiger partial charge in [0.25, 0.3) is 0 Å². The number of nitrogens with one attached hydrogen (secondary N) is 1. The van der Waals surface area contributed by atoms with Crippen molar-refractivity contribution in [2.75, 3.05) is 19.4 Å². The standard InChI is InChI=1S/C23H19N3O4S2/c1-26(2)32(28,29)14-11-12-17-20(13-14)31-23(24-17)25-22(27)21-15-7-3-5-9-18(15)30-19-10-6-4-8-16(19)21/h3-13,21H,1-2H3,(H,24,25,27). The monoisotopic (exact) mass is 465 g/mol. The van der Waals surface area contributed by atoms with E-state index < -0.39 is 15.9 Å². The second kappa shape index (κ2) is 7.70.